The molecule has 1 aliphatic rings. The first-order valence-corrected chi connectivity index (χ1v) is 10.5. The lowest BCUT2D eigenvalue weighted by Crippen LogP contribution is -2.50. The smallest absolute Gasteiger partial charge is 0.284 e. The van der Waals surface area contributed by atoms with E-state index >= 15 is 0 Å². The van der Waals surface area contributed by atoms with Crippen LogP contribution in [0.4, 0.5) is 36.8 Å². The van der Waals surface area contributed by atoms with Crippen molar-refractivity contribution < 1.29 is 31.1 Å². The van der Waals surface area contributed by atoms with Gasteiger partial charge in [-0.1, -0.05) is 42.1 Å². The molecule has 4 nitrogen and oxygen atoms in total. The van der Waals surface area contributed by atoms with Gasteiger partial charge in [0, 0.05) is 10.6 Å². The fourth-order valence-corrected chi connectivity index (χ4v) is 4.18. The number of carbonyl (C=O) groups is 1. The van der Waals surface area contributed by atoms with Crippen LogP contribution in [0.1, 0.15) is 5.56 Å². The average Bonchev–Trinajstić information content (AvgIpc) is 2.69. The van der Waals surface area contributed by atoms with Crippen LogP contribution in [0.3, 0.4) is 0 Å². The molecule has 3 rings (SSSR count). The van der Waals surface area contributed by atoms with Gasteiger partial charge in [0.1, 0.15) is 6.54 Å². The molecule has 0 bridgehead atoms. The first-order valence-electron chi connectivity index (χ1n) is 8.74. The summed E-state index contributed by atoms with van der Waals surface area (Å²) in [5.41, 5.74) is -3.42. The maximum absolute atomic E-state index is 13.0. The molecule has 0 N–H and O–H groups in total. The van der Waals surface area contributed by atoms with E-state index in [1.54, 1.807) is 30.3 Å². The van der Waals surface area contributed by atoms with Crippen molar-refractivity contribution in [3.05, 3.63) is 60.2 Å². The monoisotopic (exact) mass is 479 g/mol. The highest BCUT2D eigenvalue weighted by Gasteiger charge is 2.34. The minimum atomic E-state index is -4.53. The molecule has 1 aliphatic heterocycles. The van der Waals surface area contributed by atoms with E-state index in [0.29, 0.717) is 11.3 Å². The van der Waals surface area contributed by atoms with E-state index in [-0.39, 0.29) is 34.2 Å². The quantitative estimate of drug-likeness (QED) is 0.370. The van der Waals surface area contributed by atoms with Gasteiger partial charge in [-0.2, -0.15) is 26.3 Å². The second-order valence-electron chi connectivity index (χ2n) is 6.31. The second kappa shape index (κ2) is 9.43. The average molecular weight is 479 g/mol. The highest BCUT2D eigenvalue weighted by molar-refractivity contribution is 8.14. The molecule has 0 radical (unpaired) electrons. The molecule has 0 saturated carbocycles. The molecule has 1 heterocycles. The topological polar surface area (TPSA) is 35.9 Å². The van der Waals surface area contributed by atoms with Gasteiger partial charge in [-0.15, -0.1) is 0 Å². The number of benzene rings is 2. The Kier molecular flexibility index (Phi) is 7.10. The molecule has 2 aromatic rings. The van der Waals surface area contributed by atoms with Crippen LogP contribution in [0, 0.1) is 0 Å². The Labute approximate surface area is 182 Å². The summed E-state index contributed by atoms with van der Waals surface area (Å²) in [5.74, 6) is 0.0806. The van der Waals surface area contributed by atoms with Crippen LogP contribution in [-0.2, 0) is 6.54 Å². The number of rotatable bonds is 5. The summed E-state index contributed by atoms with van der Waals surface area (Å²) in [6.07, 6.45) is -4.53. The molecule has 0 aromatic heterocycles. The number of hydrogen-bond donors (Lipinski definition) is 0. The predicted molar refractivity (Wildman–Crippen MR) is 109 cm³/mol. The third-order valence-electron chi connectivity index (χ3n) is 3.97. The number of hydrogen-bond acceptors (Lipinski definition) is 4. The zero-order chi connectivity index (χ0) is 22.6. The van der Waals surface area contributed by atoms with E-state index in [1.807, 2.05) is 0 Å². The van der Waals surface area contributed by atoms with Crippen molar-refractivity contribution in [2.45, 2.75) is 23.1 Å². The molecular formula is C19H15F6N3OS2. The van der Waals surface area contributed by atoms with Crippen LogP contribution in [0.5, 0.6) is 0 Å². The number of amidine groups is 1. The van der Waals surface area contributed by atoms with Crippen LogP contribution in [0.25, 0.3) is 0 Å². The summed E-state index contributed by atoms with van der Waals surface area (Å²) >= 11 is 0.701. The number of aliphatic imine (C=N–C) groups is 1. The lowest BCUT2D eigenvalue weighted by molar-refractivity contribution is -0.118. The second-order valence-corrected chi connectivity index (χ2v) is 8.36. The van der Waals surface area contributed by atoms with Crippen LogP contribution in [-0.4, -0.2) is 40.2 Å². The zero-order valence-electron chi connectivity index (χ0n) is 15.7. The Morgan fingerprint density at radius 1 is 0.968 bits per heavy atom. The first kappa shape index (κ1) is 23.3. The standard InChI is InChI=1S/C19H15F6N3OS2/c20-18(21,22)11-26-16-27(10-13-6-8-15(9-7-13)31-19(23,24)25)17(29)28(12-30-16)14-4-2-1-3-5-14/h1-9H,10-12H2/b26-16+. The summed E-state index contributed by atoms with van der Waals surface area (Å²) in [6.45, 7) is -1.57. The number of para-hydroxylation sites is 1. The third kappa shape index (κ3) is 6.82. The summed E-state index contributed by atoms with van der Waals surface area (Å²) in [4.78, 5) is 19.1. The Morgan fingerprint density at radius 3 is 2.19 bits per heavy atom. The van der Waals surface area contributed by atoms with Crippen molar-refractivity contribution in [3.63, 3.8) is 0 Å². The van der Waals surface area contributed by atoms with Gasteiger partial charge in [-0.25, -0.2) is 4.79 Å². The summed E-state index contributed by atoms with van der Waals surface area (Å²) in [5, 5.41) is -0.0942. The van der Waals surface area contributed by atoms with Crippen LogP contribution < -0.4 is 4.90 Å². The highest BCUT2D eigenvalue weighted by atomic mass is 32.2. The number of thioether (sulfide) groups is 2. The highest BCUT2D eigenvalue weighted by Crippen LogP contribution is 2.37. The van der Waals surface area contributed by atoms with Crippen LogP contribution in [0.15, 0.2) is 64.5 Å². The molecule has 0 spiro atoms. The third-order valence-corrected chi connectivity index (χ3v) is 5.71. The van der Waals surface area contributed by atoms with Gasteiger partial charge in [0.25, 0.3) is 0 Å². The summed E-state index contributed by atoms with van der Waals surface area (Å²) in [7, 11) is 0. The lowest BCUT2D eigenvalue weighted by atomic mass is 10.2. The van der Waals surface area contributed by atoms with E-state index < -0.39 is 24.3 Å². The van der Waals surface area contributed by atoms with E-state index in [4.69, 9.17) is 0 Å². The summed E-state index contributed by atoms with van der Waals surface area (Å²) in [6, 6.07) is 13.3. The summed E-state index contributed by atoms with van der Waals surface area (Å²) < 4.78 is 75.5. The number of amides is 2. The van der Waals surface area contributed by atoms with E-state index in [0.717, 1.165) is 16.7 Å². The fraction of sp³-hybridized carbons (Fsp3) is 0.263. The van der Waals surface area contributed by atoms with Crippen molar-refractivity contribution in [3.8, 4) is 0 Å². The van der Waals surface area contributed by atoms with Gasteiger partial charge in [0.2, 0.25) is 0 Å². The molecule has 2 amide bonds. The van der Waals surface area contributed by atoms with Crippen molar-refractivity contribution in [2.75, 3.05) is 17.3 Å². The number of nitrogens with zero attached hydrogens (tertiary/aromatic N) is 3. The van der Waals surface area contributed by atoms with Crippen molar-refractivity contribution >= 4 is 40.4 Å². The molecule has 1 fully saturated rings. The molecular weight excluding hydrogens is 464 g/mol. The van der Waals surface area contributed by atoms with Gasteiger partial charge >= 0.3 is 17.7 Å². The van der Waals surface area contributed by atoms with Crippen LogP contribution in [0.2, 0.25) is 0 Å². The predicted octanol–water partition coefficient (Wildman–Crippen LogP) is 6.35. The maximum Gasteiger partial charge on any atom is 0.446 e. The molecule has 2 aromatic carbocycles. The van der Waals surface area contributed by atoms with Gasteiger partial charge in [0.05, 0.1) is 12.4 Å². The van der Waals surface area contributed by atoms with E-state index in [2.05, 4.69) is 4.99 Å². The van der Waals surface area contributed by atoms with E-state index in [1.165, 1.54) is 29.2 Å². The maximum atomic E-state index is 13.0. The molecule has 12 heteroatoms. The fourth-order valence-electron chi connectivity index (χ4n) is 2.68. The Balaban J connectivity index is 1.84. The Hall–Kier alpha value is -2.34. The van der Waals surface area contributed by atoms with Gasteiger partial charge in [0.15, 0.2) is 5.17 Å². The Bertz CT molecular complexity index is 932. The lowest BCUT2D eigenvalue weighted by Gasteiger charge is -2.36. The minimum Gasteiger partial charge on any atom is -0.284 e. The van der Waals surface area contributed by atoms with Crippen molar-refractivity contribution in [1.82, 2.24) is 4.90 Å². The zero-order valence-corrected chi connectivity index (χ0v) is 17.3. The van der Waals surface area contributed by atoms with Gasteiger partial charge < -0.3 is 0 Å². The van der Waals surface area contributed by atoms with Crippen molar-refractivity contribution in [1.29, 1.82) is 0 Å². The SMILES string of the molecule is O=C1N(Cc2ccc(SC(F)(F)F)cc2)/C(=N\CC(F)(F)F)SCN1c1ccccc1. The number of halogens is 6. The molecule has 31 heavy (non-hydrogen) atoms. The van der Waals surface area contributed by atoms with Crippen molar-refractivity contribution in [2.24, 2.45) is 4.99 Å². The molecule has 1 saturated heterocycles. The van der Waals surface area contributed by atoms with Gasteiger partial charge in [-0.05, 0) is 41.6 Å². The number of urea groups is 1. The number of alkyl halides is 6. The molecule has 0 atom stereocenters. The largest absolute Gasteiger partial charge is 0.446 e. The molecule has 166 valence electrons. The van der Waals surface area contributed by atoms with Gasteiger partial charge in [-0.3, -0.25) is 14.8 Å². The molecule has 0 unspecified atom stereocenters. The normalized spacial score (nSPS) is 16.8. The Morgan fingerprint density at radius 2 is 1.61 bits per heavy atom. The number of anilines is 1. The first-order chi connectivity index (χ1) is 14.5. The van der Waals surface area contributed by atoms with Crippen LogP contribution >= 0.6 is 23.5 Å². The van der Waals surface area contributed by atoms with E-state index in [9.17, 15) is 31.1 Å². The number of carbonyl (C=O) groups excluding carboxylic acids is 1. The minimum absolute atomic E-state index is 0.0348. The molecule has 0 aliphatic carbocycles.